The molecule has 2 aromatic heterocycles. The minimum atomic E-state index is 0.456. The van der Waals surface area contributed by atoms with Crippen LogP contribution in [-0.2, 0) is 0 Å². The average molecular weight is 326 g/mol. The lowest BCUT2D eigenvalue weighted by molar-refractivity contribution is 0.441. The third-order valence-electron chi connectivity index (χ3n) is 4.71. The lowest BCUT2D eigenvalue weighted by atomic mass is 9.99. The molecule has 118 valence electrons. The Bertz CT molecular complexity index is 805. The lowest BCUT2D eigenvalue weighted by Gasteiger charge is -2.30. The maximum absolute atomic E-state index is 5.88. The molecule has 1 saturated heterocycles. The van der Waals surface area contributed by atoms with Gasteiger partial charge in [-0.2, -0.15) is 0 Å². The third-order valence-corrected chi connectivity index (χ3v) is 5.91. The van der Waals surface area contributed by atoms with Gasteiger partial charge in [0, 0.05) is 24.9 Å². The Morgan fingerprint density at radius 2 is 2.00 bits per heavy atom. The van der Waals surface area contributed by atoms with Gasteiger partial charge in [-0.05, 0) is 37.8 Å². The first-order valence-electron chi connectivity index (χ1n) is 8.30. The van der Waals surface area contributed by atoms with Gasteiger partial charge in [-0.15, -0.1) is 16.4 Å². The number of nitrogens with zero attached hydrogens (tertiary/aromatic N) is 4. The highest BCUT2D eigenvalue weighted by molar-refractivity contribution is 7.18. The molecular formula is C17H18N4OS. The van der Waals surface area contributed by atoms with Crippen molar-refractivity contribution in [1.29, 1.82) is 0 Å². The number of hydrogen-bond donors (Lipinski definition) is 0. The van der Waals surface area contributed by atoms with E-state index >= 15 is 0 Å². The SMILES string of the molecule is c1ccc2sc([C@H]3CCCN(c4nnc(C5CC5)o4)C3)nc2c1. The summed E-state index contributed by atoms with van der Waals surface area (Å²) in [6.45, 7) is 1.92. The largest absolute Gasteiger partial charge is 0.408 e. The number of rotatable bonds is 3. The van der Waals surface area contributed by atoms with Crippen molar-refractivity contribution in [3.63, 3.8) is 0 Å². The molecule has 1 saturated carbocycles. The van der Waals surface area contributed by atoms with Crippen molar-refractivity contribution in [3.05, 3.63) is 35.2 Å². The van der Waals surface area contributed by atoms with Gasteiger partial charge in [0.2, 0.25) is 5.89 Å². The van der Waals surface area contributed by atoms with Crippen LogP contribution in [0.3, 0.4) is 0 Å². The highest BCUT2D eigenvalue weighted by atomic mass is 32.1. The van der Waals surface area contributed by atoms with E-state index in [0.717, 1.165) is 30.9 Å². The molecule has 0 bridgehead atoms. The Morgan fingerprint density at radius 3 is 2.87 bits per heavy atom. The van der Waals surface area contributed by atoms with E-state index in [-0.39, 0.29) is 0 Å². The summed E-state index contributed by atoms with van der Waals surface area (Å²) in [5.74, 6) is 1.79. The van der Waals surface area contributed by atoms with Gasteiger partial charge >= 0.3 is 6.01 Å². The molecule has 0 unspecified atom stereocenters. The van der Waals surface area contributed by atoms with E-state index in [0.29, 0.717) is 17.9 Å². The van der Waals surface area contributed by atoms with Crippen LogP contribution in [0.1, 0.15) is 48.4 Å². The van der Waals surface area contributed by atoms with Crippen LogP contribution in [0.4, 0.5) is 6.01 Å². The predicted molar refractivity (Wildman–Crippen MR) is 90.1 cm³/mol. The van der Waals surface area contributed by atoms with Crippen molar-refractivity contribution in [1.82, 2.24) is 15.2 Å². The first kappa shape index (κ1) is 13.5. The summed E-state index contributed by atoms with van der Waals surface area (Å²) in [5.41, 5.74) is 1.11. The molecule has 2 aliphatic rings. The zero-order chi connectivity index (χ0) is 15.2. The van der Waals surface area contributed by atoms with Gasteiger partial charge in [-0.1, -0.05) is 17.2 Å². The summed E-state index contributed by atoms with van der Waals surface area (Å²) in [6, 6.07) is 9.07. The molecule has 6 heteroatoms. The molecule has 1 aromatic carbocycles. The maximum atomic E-state index is 5.88. The fourth-order valence-corrected chi connectivity index (χ4v) is 4.36. The first-order chi connectivity index (χ1) is 11.4. The summed E-state index contributed by atoms with van der Waals surface area (Å²) < 4.78 is 7.15. The normalized spacial score (nSPS) is 21.9. The second kappa shape index (κ2) is 5.30. The van der Waals surface area contributed by atoms with Crippen molar-refractivity contribution < 1.29 is 4.42 Å². The molecule has 3 heterocycles. The van der Waals surface area contributed by atoms with Crippen molar-refractivity contribution in [2.75, 3.05) is 18.0 Å². The number of benzene rings is 1. The third kappa shape index (κ3) is 2.51. The average Bonchev–Trinajstić information content (AvgIpc) is 3.17. The van der Waals surface area contributed by atoms with E-state index in [1.807, 2.05) is 11.3 Å². The van der Waals surface area contributed by atoms with Crippen LogP contribution in [0.5, 0.6) is 0 Å². The monoisotopic (exact) mass is 326 g/mol. The fourth-order valence-electron chi connectivity index (χ4n) is 3.27. The molecule has 0 spiro atoms. The molecule has 1 atom stereocenters. The summed E-state index contributed by atoms with van der Waals surface area (Å²) >= 11 is 1.82. The Balaban J connectivity index is 1.38. The molecule has 0 amide bonds. The van der Waals surface area contributed by atoms with Gasteiger partial charge in [0.05, 0.1) is 15.2 Å². The molecule has 3 aromatic rings. The smallest absolute Gasteiger partial charge is 0.318 e. The maximum Gasteiger partial charge on any atom is 0.318 e. The van der Waals surface area contributed by atoms with Crippen LogP contribution in [0.2, 0.25) is 0 Å². The van der Waals surface area contributed by atoms with E-state index in [1.54, 1.807) is 0 Å². The molecule has 5 nitrogen and oxygen atoms in total. The summed E-state index contributed by atoms with van der Waals surface area (Å²) in [4.78, 5) is 7.07. The molecule has 1 aliphatic carbocycles. The van der Waals surface area contributed by atoms with Gasteiger partial charge < -0.3 is 9.32 Å². The molecule has 5 rings (SSSR count). The van der Waals surface area contributed by atoms with E-state index in [9.17, 15) is 0 Å². The first-order valence-corrected chi connectivity index (χ1v) is 9.12. The number of para-hydroxylation sites is 1. The van der Waals surface area contributed by atoms with E-state index < -0.39 is 0 Å². The minimum Gasteiger partial charge on any atom is -0.408 e. The van der Waals surface area contributed by atoms with E-state index in [1.165, 1.54) is 29.0 Å². The standard InChI is InChI=1S/C17H18N4OS/c1-2-6-14-13(5-1)18-16(23-14)12-4-3-9-21(10-12)17-20-19-15(22-17)11-7-8-11/h1-2,5-6,11-12H,3-4,7-10H2/t12-/m0/s1. The number of aromatic nitrogens is 3. The quantitative estimate of drug-likeness (QED) is 0.729. The van der Waals surface area contributed by atoms with Gasteiger partial charge in [-0.25, -0.2) is 4.98 Å². The number of piperidine rings is 1. The Kier molecular flexibility index (Phi) is 3.11. The summed E-state index contributed by atoms with van der Waals surface area (Å²) in [5, 5.41) is 9.71. The van der Waals surface area contributed by atoms with Gasteiger partial charge in [-0.3, -0.25) is 0 Å². The Hall–Kier alpha value is -1.95. The van der Waals surface area contributed by atoms with Crippen LogP contribution in [0.25, 0.3) is 10.2 Å². The van der Waals surface area contributed by atoms with Crippen molar-refractivity contribution in [3.8, 4) is 0 Å². The van der Waals surface area contributed by atoms with Crippen LogP contribution in [0.15, 0.2) is 28.7 Å². The Morgan fingerprint density at radius 1 is 1.09 bits per heavy atom. The molecule has 2 fully saturated rings. The van der Waals surface area contributed by atoms with Crippen LogP contribution in [-0.4, -0.2) is 28.3 Å². The van der Waals surface area contributed by atoms with Crippen LogP contribution in [0, 0.1) is 0 Å². The van der Waals surface area contributed by atoms with Gasteiger partial charge in [0.15, 0.2) is 0 Å². The van der Waals surface area contributed by atoms with Crippen LogP contribution < -0.4 is 4.90 Å². The second-order valence-corrected chi connectivity index (χ2v) is 7.56. The minimum absolute atomic E-state index is 0.456. The van der Waals surface area contributed by atoms with Gasteiger partial charge in [0.25, 0.3) is 0 Å². The molecular weight excluding hydrogens is 308 g/mol. The number of hydrogen-bond acceptors (Lipinski definition) is 6. The molecule has 0 N–H and O–H groups in total. The number of anilines is 1. The number of fused-ring (bicyclic) bond motifs is 1. The molecule has 1 aliphatic heterocycles. The van der Waals surface area contributed by atoms with E-state index in [4.69, 9.17) is 9.40 Å². The van der Waals surface area contributed by atoms with Crippen molar-refractivity contribution in [2.45, 2.75) is 37.5 Å². The van der Waals surface area contributed by atoms with Crippen molar-refractivity contribution >= 4 is 27.6 Å². The highest BCUT2D eigenvalue weighted by Crippen LogP contribution is 2.40. The summed E-state index contributed by atoms with van der Waals surface area (Å²) in [6.07, 6.45) is 4.70. The fraction of sp³-hybridized carbons (Fsp3) is 0.471. The second-order valence-electron chi connectivity index (χ2n) is 6.50. The number of thiazole rings is 1. The lowest BCUT2D eigenvalue weighted by Crippen LogP contribution is -2.34. The highest BCUT2D eigenvalue weighted by Gasteiger charge is 2.32. The summed E-state index contributed by atoms with van der Waals surface area (Å²) in [7, 11) is 0. The van der Waals surface area contributed by atoms with Crippen molar-refractivity contribution in [2.24, 2.45) is 0 Å². The van der Waals surface area contributed by atoms with Gasteiger partial charge in [0.1, 0.15) is 0 Å². The zero-order valence-corrected chi connectivity index (χ0v) is 13.6. The molecule has 23 heavy (non-hydrogen) atoms. The Labute approximate surface area is 138 Å². The van der Waals surface area contributed by atoms with E-state index in [2.05, 4.69) is 39.4 Å². The topological polar surface area (TPSA) is 55.1 Å². The zero-order valence-electron chi connectivity index (χ0n) is 12.8. The molecule has 0 radical (unpaired) electrons. The predicted octanol–water partition coefficient (Wildman–Crippen LogP) is 3.94. The van der Waals surface area contributed by atoms with Crippen LogP contribution >= 0.6 is 11.3 Å².